The van der Waals surface area contributed by atoms with E-state index in [1.807, 2.05) is 0 Å². The lowest BCUT2D eigenvalue weighted by Crippen LogP contribution is -2.32. The molecule has 1 aromatic rings. The standard InChI is InChI=1S/C12H13ClN2O3/c13-11-5-4-9(15(17)18)6-10(11)12(16)14-7-8-2-1-3-8/h4-6,8H,1-3,7H2,(H,14,16). The maximum atomic E-state index is 11.9. The van der Waals surface area contributed by atoms with Gasteiger partial charge in [-0.1, -0.05) is 18.0 Å². The number of carbonyl (C=O) groups is 1. The highest BCUT2D eigenvalue weighted by atomic mass is 35.5. The van der Waals surface area contributed by atoms with Crippen LogP contribution in [0.2, 0.25) is 5.02 Å². The number of nitro benzene ring substituents is 1. The number of non-ortho nitro benzene ring substituents is 1. The highest BCUT2D eigenvalue weighted by Gasteiger charge is 2.20. The Hall–Kier alpha value is -1.62. The molecule has 2 rings (SSSR count). The van der Waals surface area contributed by atoms with Gasteiger partial charge >= 0.3 is 0 Å². The number of benzene rings is 1. The van der Waals surface area contributed by atoms with Crippen molar-refractivity contribution in [2.45, 2.75) is 19.3 Å². The quantitative estimate of drug-likeness (QED) is 0.674. The molecule has 1 saturated carbocycles. The Labute approximate surface area is 109 Å². The molecule has 1 aromatic carbocycles. The molecule has 0 heterocycles. The first-order chi connectivity index (χ1) is 8.58. The minimum absolute atomic E-state index is 0.131. The molecule has 18 heavy (non-hydrogen) atoms. The molecule has 0 radical (unpaired) electrons. The SMILES string of the molecule is O=C(NCC1CCC1)c1cc([N+](=O)[O-])ccc1Cl. The predicted octanol–water partition coefficient (Wildman–Crippen LogP) is 2.78. The molecule has 1 fully saturated rings. The maximum absolute atomic E-state index is 11.9. The molecule has 0 unspecified atom stereocenters. The van der Waals surface area contributed by atoms with Gasteiger partial charge < -0.3 is 5.32 Å². The van der Waals surface area contributed by atoms with Crippen LogP contribution < -0.4 is 5.32 Å². The second kappa shape index (κ2) is 5.35. The summed E-state index contributed by atoms with van der Waals surface area (Å²) in [6.07, 6.45) is 3.46. The van der Waals surface area contributed by atoms with Gasteiger partial charge in [0.15, 0.2) is 0 Å². The van der Waals surface area contributed by atoms with Crippen LogP contribution in [0.15, 0.2) is 18.2 Å². The van der Waals surface area contributed by atoms with Crippen LogP contribution in [0, 0.1) is 16.0 Å². The van der Waals surface area contributed by atoms with Crippen molar-refractivity contribution >= 4 is 23.2 Å². The molecule has 96 valence electrons. The lowest BCUT2D eigenvalue weighted by Gasteiger charge is -2.25. The van der Waals surface area contributed by atoms with Crippen molar-refractivity contribution < 1.29 is 9.72 Å². The Morgan fingerprint density at radius 3 is 2.78 bits per heavy atom. The van der Waals surface area contributed by atoms with E-state index in [4.69, 9.17) is 11.6 Å². The van der Waals surface area contributed by atoms with Gasteiger partial charge in [0.05, 0.1) is 15.5 Å². The Kier molecular flexibility index (Phi) is 3.81. The molecule has 1 amide bonds. The molecular formula is C12H13ClN2O3. The lowest BCUT2D eigenvalue weighted by molar-refractivity contribution is -0.384. The molecule has 1 aliphatic rings. The van der Waals surface area contributed by atoms with Crippen LogP contribution in [0.3, 0.4) is 0 Å². The molecule has 0 aromatic heterocycles. The van der Waals surface area contributed by atoms with E-state index < -0.39 is 4.92 Å². The largest absolute Gasteiger partial charge is 0.352 e. The zero-order valence-electron chi connectivity index (χ0n) is 9.69. The molecule has 5 nitrogen and oxygen atoms in total. The zero-order chi connectivity index (χ0) is 13.1. The molecule has 1 N–H and O–H groups in total. The second-order valence-corrected chi connectivity index (χ2v) is 4.84. The Balaban J connectivity index is 2.07. The van der Waals surface area contributed by atoms with Gasteiger partial charge in [-0.15, -0.1) is 0 Å². The molecule has 0 bridgehead atoms. The topological polar surface area (TPSA) is 72.2 Å². The minimum atomic E-state index is -0.543. The van der Waals surface area contributed by atoms with Gasteiger partial charge in [0.1, 0.15) is 0 Å². The summed E-state index contributed by atoms with van der Waals surface area (Å²) in [5, 5.41) is 13.6. The monoisotopic (exact) mass is 268 g/mol. The van der Waals surface area contributed by atoms with Gasteiger partial charge in [-0.05, 0) is 24.8 Å². The van der Waals surface area contributed by atoms with Crippen LogP contribution in [-0.4, -0.2) is 17.4 Å². The zero-order valence-corrected chi connectivity index (χ0v) is 10.4. The third kappa shape index (κ3) is 2.79. The summed E-state index contributed by atoms with van der Waals surface area (Å²) in [7, 11) is 0. The first-order valence-corrected chi connectivity index (χ1v) is 6.18. The summed E-state index contributed by atoms with van der Waals surface area (Å²) in [5.41, 5.74) is 0.0263. The van der Waals surface area contributed by atoms with Gasteiger partial charge in [-0.2, -0.15) is 0 Å². The van der Waals surface area contributed by atoms with E-state index in [9.17, 15) is 14.9 Å². The maximum Gasteiger partial charge on any atom is 0.270 e. The fourth-order valence-electron chi connectivity index (χ4n) is 1.83. The molecule has 0 spiro atoms. The van der Waals surface area contributed by atoms with Crippen molar-refractivity contribution in [2.24, 2.45) is 5.92 Å². The van der Waals surface area contributed by atoms with E-state index >= 15 is 0 Å². The smallest absolute Gasteiger partial charge is 0.270 e. The second-order valence-electron chi connectivity index (χ2n) is 4.43. The van der Waals surface area contributed by atoms with Crippen LogP contribution >= 0.6 is 11.6 Å². The van der Waals surface area contributed by atoms with Crippen molar-refractivity contribution in [2.75, 3.05) is 6.54 Å². The van der Waals surface area contributed by atoms with Crippen LogP contribution in [0.1, 0.15) is 29.6 Å². The minimum Gasteiger partial charge on any atom is -0.352 e. The van der Waals surface area contributed by atoms with Crippen molar-refractivity contribution in [3.63, 3.8) is 0 Å². The molecular weight excluding hydrogens is 256 g/mol. The Morgan fingerprint density at radius 2 is 2.22 bits per heavy atom. The molecule has 0 aliphatic heterocycles. The van der Waals surface area contributed by atoms with Crippen LogP contribution in [0.4, 0.5) is 5.69 Å². The van der Waals surface area contributed by atoms with E-state index in [-0.39, 0.29) is 22.2 Å². The molecule has 1 aliphatic carbocycles. The van der Waals surface area contributed by atoms with Crippen molar-refractivity contribution in [1.29, 1.82) is 0 Å². The number of nitrogens with zero attached hydrogens (tertiary/aromatic N) is 1. The molecule has 6 heteroatoms. The van der Waals surface area contributed by atoms with Crippen LogP contribution in [-0.2, 0) is 0 Å². The van der Waals surface area contributed by atoms with E-state index in [0.29, 0.717) is 12.5 Å². The first kappa shape index (κ1) is 12.8. The van der Waals surface area contributed by atoms with Gasteiger partial charge in [0, 0.05) is 18.7 Å². The number of hydrogen-bond donors (Lipinski definition) is 1. The first-order valence-electron chi connectivity index (χ1n) is 5.80. The summed E-state index contributed by atoms with van der Waals surface area (Å²) in [6.45, 7) is 0.609. The Bertz CT molecular complexity index is 486. The summed E-state index contributed by atoms with van der Waals surface area (Å²) in [6, 6.07) is 3.86. The fourth-order valence-corrected chi connectivity index (χ4v) is 2.03. The van der Waals surface area contributed by atoms with E-state index in [1.165, 1.54) is 24.6 Å². The van der Waals surface area contributed by atoms with Crippen molar-refractivity contribution in [3.8, 4) is 0 Å². The molecule has 0 saturated heterocycles. The van der Waals surface area contributed by atoms with E-state index in [0.717, 1.165) is 12.8 Å². The van der Waals surface area contributed by atoms with Gasteiger partial charge in [0.2, 0.25) is 0 Å². The van der Waals surface area contributed by atoms with Gasteiger partial charge in [-0.25, -0.2) is 0 Å². The fraction of sp³-hybridized carbons (Fsp3) is 0.417. The number of hydrogen-bond acceptors (Lipinski definition) is 3. The Morgan fingerprint density at radius 1 is 1.50 bits per heavy atom. The predicted molar refractivity (Wildman–Crippen MR) is 67.8 cm³/mol. The lowest BCUT2D eigenvalue weighted by atomic mass is 9.85. The molecule has 0 atom stereocenters. The highest BCUT2D eigenvalue weighted by molar-refractivity contribution is 6.33. The third-order valence-electron chi connectivity index (χ3n) is 3.18. The van der Waals surface area contributed by atoms with Crippen molar-refractivity contribution in [1.82, 2.24) is 5.32 Å². The van der Waals surface area contributed by atoms with E-state index in [2.05, 4.69) is 5.32 Å². The van der Waals surface area contributed by atoms with Crippen LogP contribution in [0.5, 0.6) is 0 Å². The number of amides is 1. The average Bonchev–Trinajstić information content (AvgIpc) is 2.26. The van der Waals surface area contributed by atoms with Crippen molar-refractivity contribution in [3.05, 3.63) is 38.9 Å². The van der Waals surface area contributed by atoms with E-state index in [1.54, 1.807) is 0 Å². The summed E-state index contributed by atoms with van der Waals surface area (Å²) in [5.74, 6) is 0.182. The number of nitro groups is 1. The number of nitrogens with one attached hydrogen (secondary N) is 1. The summed E-state index contributed by atoms with van der Waals surface area (Å²) in [4.78, 5) is 22.0. The summed E-state index contributed by atoms with van der Waals surface area (Å²) >= 11 is 5.88. The number of rotatable bonds is 4. The number of halogens is 1. The normalized spacial score (nSPS) is 14.9. The summed E-state index contributed by atoms with van der Waals surface area (Å²) < 4.78 is 0. The third-order valence-corrected chi connectivity index (χ3v) is 3.51. The van der Waals surface area contributed by atoms with Crippen LogP contribution in [0.25, 0.3) is 0 Å². The van der Waals surface area contributed by atoms with Gasteiger partial charge in [0.25, 0.3) is 11.6 Å². The number of carbonyl (C=O) groups excluding carboxylic acids is 1. The van der Waals surface area contributed by atoms with Gasteiger partial charge in [-0.3, -0.25) is 14.9 Å². The average molecular weight is 269 g/mol. The highest BCUT2D eigenvalue weighted by Crippen LogP contribution is 2.26.